The lowest BCUT2D eigenvalue weighted by atomic mass is 10.2. The van der Waals surface area contributed by atoms with E-state index in [1.165, 1.54) is 0 Å². The van der Waals surface area contributed by atoms with E-state index in [0.29, 0.717) is 32.8 Å². The van der Waals surface area contributed by atoms with Gasteiger partial charge in [-0.2, -0.15) is 0 Å². The van der Waals surface area contributed by atoms with E-state index < -0.39 is 0 Å². The number of nitrogens with zero attached hydrogens (tertiary/aromatic N) is 3. The maximum Gasteiger partial charge on any atom is 0.156 e. The van der Waals surface area contributed by atoms with Crippen LogP contribution in [0.2, 0.25) is 10.0 Å². The van der Waals surface area contributed by atoms with Gasteiger partial charge in [0.15, 0.2) is 5.65 Å². The molecule has 96 valence electrons. The molecule has 3 heterocycles. The smallest absolute Gasteiger partial charge is 0.156 e. The summed E-state index contributed by atoms with van der Waals surface area (Å²) in [5, 5.41) is 10.5. The standard InChI is InChI=1S/C13H9Cl2N3O/c14-8-5-9(15)13-17-12(10-3-1-2-4-16-10)11(7-19)18(13)6-8/h1-6,19H,7H2. The summed E-state index contributed by atoms with van der Waals surface area (Å²) in [5.74, 6) is 0. The third kappa shape index (κ3) is 2.08. The first-order valence-electron chi connectivity index (χ1n) is 5.59. The van der Waals surface area contributed by atoms with E-state index in [1.54, 1.807) is 22.9 Å². The second kappa shape index (κ2) is 4.81. The van der Waals surface area contributed by atoms with E-state index in [0.717, 1.165) is 0 Å². The SMILES string of the molecule is OCc1c(-c2ccccn2)nc2c(Cl)cc(Cl)cn12. The van der Waals surface area contributed by atoms with Gasteiger partial charge >= 0.3 is 0 Å². The Morgan fingerprint density at radius 3 is 2.79 bits per heavy atom. The third-order valence-corrected chi connectivity index (χ3v) is 3.28. The van der Waals surface area contributed by atoms with Gasteiger partial charge in [-0.25, -0.2) is 4.98 Å². The first kappa shape index (κ1) is 12.4. The fourth-order valence-electron chi connectivity index (χ4n) is 1.98. The highest BCUT2D eigenvalue weighted by atomic mass is 35.5. The topological polar surface area (TPSA) is 50.4 Å². The second-order valence-corrected chi connectivity index (χ2v) is 4.82. The van der Waals surface area contributed by atoms with Crippen molar-refractivity contribution in [3.8, 4) is 11.4 Å². The predicted octanol–water partition coefficient (Wildman–Crippen LogP) is 3.20. The molecular formula is C13H9Cl2N3O. The van der Waals surface area contributed by atoms with Crippen LogP contribution in [0.4, 0.5) is 0 Å². The van der Waals surface area contributed by atoms with Crippen molar-refractivity contribution in [2.75, 3.05) is 0 Å². The van der Waals surface area contributed by atoms with Gasteiger partial charge < -0.3 is 5.11 Å². The van der Waals surface area contributed by atoms with Crippen molar-refractivity contribution in [1.82, 2.24) is 14.4 Å². The van der Waals surface area contributed by atoms with Gasteiger partial charge in [0.05, 0.1) is 28.0 Å². The third-order valence-electron chi connectivity index (χ3n) is 2.80. The van der Waals surface area contributed by atoms with Crippen molar-refractivity contribution in [2.45, 2.75) is 6.61 Å². The van der Waals surface area contributed by atoms with Crippen LogP contribution in [0.25, 0.3) is 17.0 Å². The summed E-state index contributed by atoms with van der Waals surface area (Å²) in [5.41, 5.74) is 2.45. The molecule has 19 heavy (non-hydrogen) atoms. The minimum absolute atomic E-state index is 0.177. The summed E-state index contributed by atoms with van der Waals surface area (Å²) in [4.78, 5) is 8.69. The number of aliphatic hydroxyl groups is 1. The summed E-state index contributed by atoms with van der Waals surface area (Å²) in [6.45, 7) is -0.177. The lowest BCUT2D eigenvalue weighted by Crippen LogP contribution is -1.95. The van der Waals surface area contributed by atoms with Crippen LogP contribution < -0.4 is 0 Å². The molecule has 1 N–H and O–H groups in total. The average molecular weight is 294 g/mol. The van der Waals surface area contributed by atoms with Crippen LogP contribution in [0.15, 0.2) is 36.7 Å². The van der Waals surface area contributed by atoms with Crippen molar-refractivity contribution in [1.29, 1.82) is 0 Å². The van der Waals surface area contributed by atoms with Crippen molar-refractivity contribution < 1.29 is 5.11 Å². The maximum absolute atomic E-state index is 9.57. The Hall–Kier alpha value is -1.62. The zero-order valence-corrected chi connectivity index (χ0v) is 11.2. The Balaban J connectivity index is 2.35. The van der Waals surface area contributed by atoms with Gasteiger partial charge in [0.2, 0.25) is 0 Å². The molecule has 0 amide bonds. The summed E-state index contributed by atoms with van der Waals surface area (Å²) < 4.78 is 1.69. The second-order valence-electron chi connectivity index (χ2n) is 3.98. The van der Waals surface area contributed by atoms with Gasteiger partial charge in [0, 0.05) is 12.4 Å². The largest absolute Gasteiger partial charge is 0.390 e. The van der Waals surface area contributed by atoms with Gasteiger partial charge in [-0.1, -0.05) is 29.3 Å². The van der Waals surface area contributed by atoms with Crippen molar-refractivity contribution >= 4 is 28.8 Å². The van der Waals surface area contributed by atoms with Gasteiger partial charge in [-0.15, -0.1) is 0 Å². The summed E-state index contributed by atoms with van der Waals surface area (Å²) in [7, 11) is 0. The van der Waals surface area contributed by atoms with Gasteiger partial charge in [-0.05, 0) is 18.2 Å². The van der Waals surface area contributed by atoms with Crippen molar-refractivity contribution in [3.05, 3.63) is 52.4 Å². The number of aliphatic hydroxyl groups excluding tert-OH is 1. The normalized spacial score (nSPS) is 11.1. The molecule has 0 saturated carbocycles. The average Bonchev–Trinajstić information content (AvgIpc) is 2.78. The molecule has 0 bridgehead atoms. The van der Waals surface area contributed by atoms with Gasteiger partial charge in [-0.3, -0.25) is 9.38 Å². The molecule has 3 rings (SSSR count). The molecule has 0 fully saturated rings. The Labute approximate surface area is 119 Å². The minimum Gasteiger partial charge on any atom is -0.390 e. The fraction of sp³-hybridized carbons (Fsp3) is 0.0769. The van der Waals surface area contributed by atoms with Crippen molar-refractivity contribution in [3.63, 3.8) is 0 Å². The number of rotatable bonds is 2. The molecule has 0 aliphatic heterocycles. The van der Waals surface area contributed by atoms with Crippen LogP contribution in [-0.4, -0.2) is 19.5 Å². The Morgan fingerprint density at radius 2 is 2.11 bits per heavy atom. The maximum atomic E-state index is 9.57. The highest BCUT2D eigenvalue weighted by molar-refractivity contribution is 6.36. The lowest BCUT2D eigenvalue weighted by molar-refractivity contribution is 0.276. The van der Waals surface area contributed by atoms with Crippen LogP contribution in [0.3, 0.4) is 0 Å². The first-order valence-corrected chi connectivity index (χ1v) is 6.34. The van der Waals surface area contributed by atoms with Crippen LogP contribution >= 0.6 is 23.2 Å². The number of aromatic nitrogens is 3. The molecule has 0 unspecified atom stereocenters. The molecule has 0 aliphatic carbocycles. The van der Waals surface area contributed by atoms with Crippen LogP contribution in [0.5, 0.6) is 0 Å². The Bertz CT molecular complexity index is 740. The molecule has 0 aliphatic rings. The highest BCUT2D eigenvalue weighted by Gasteiger charge is 2.16. The van der Waals surface area contributed by atoms with E-state index in [-0.39, 0.29) is 6.61 Å². The number of hydrogen-bond donors (Lipinski definition) is 1. The summed E-state index contributed by atoms with van der Waals surface area (Å²) in [6.07, 6.45) is 3.35. The van der Waals surface area contributed by atoms with Crippen molar-refractivity contribution in [2.24, 2.45) is 0 Å². The zero-order valence-electron chi connectivity index (χ0n) is 9.72. The monoisotopic (exact) mass is 293 g/mol. The quantitative estimate of drug-likeness (QED) is 0.789. The molecular weight excluding hydrogens is 285 g/mol. The molecule has 3 aromatic rings. The van der Waals surface area contributed by atoms with Crippen LogP contribution in [0.1, 0.15) is 5.69 Å². The number of pyridine rings is 2. The zero-order chi connectivity index (χ0) is 13.4. The van der Waals surface area contributed by atoms with E-state index in [2.05, 4.69) is 9.97 Å². The number of imidazole rings is 1. The molecule has 0 spiro atoms. The van der Waals surface area contributed by atoms with E-state index in [1.807, 2.05) is 18.2 Å². The lowest BCUT2D eigenvalue weighted by Gasteiger charge is -2.02. The molecule has 0 saturated heterocycles. The Morgan fingerprint density at radius 1 is 1.26 bits per heavy atom. The molecule has 0 radical (unpaired) electrons. The Kier molecular flexibility index (Phi) is 3.14. The molecule has 6 heteroatoms. The van der Waals surface area contributed by atoms with E-state index in [9.17, 15) is 5.11 Å². The molecule has 4 nitrogen and oxygen atoms in total. The van der Waals surface area contributed by atoms with Gasteiger partial charge in [0.1, 0.15) is 5.69 Å². The number of halogens is 2. The highest BCUT2D eigenvalue weighted by Crippen LogP contribution is 2.28. The van der Waals surface area contributed by atoms with E-state index >= 15 is 0 Å². The van der Waals surface area contributed by atoms with E-state index in [4.69, 9.17) is 23.2 Å². The summed E-state index contributed by atoms with van der Waals surface area (Å²) in [6, 6.07) is 7.13. The predicted molar refractivity (Wildman–Crippen MR) is 74.4 cm³/mol. The molecule has 3 aromatic heterocycles. The minimum atomic E-state index is -0.177. The van der Waals surface area contributed by atoms with Gasteiger partial charge in [0.25, 0.3) is 0 Å². The first-order chi connectivity index (χ1) is 9.20. The number of fused-ring (bicyclic) bond motifs is 1. The fourth-order valence-corrected chi connectivity index (χ4v) is 2.49. The van der Waals surface area contributed by atoms with Crippen LogP contribution in [-0.2, 0) is 6.61 Å². The molecule has 0 atom stereocenters. The van der Waals surface area contributed by atoms with Crippen LogP contribution in [0, 0.1) is 0 Å². The number of hydrogen-bond acceptors (Lipinski definition) is 3. The summed E-state index contributed by atoms with van der Waals surface area (Å²) >= 11 is 12.1. The molecule has 0 aromatic carbocycles.